The highest BCUT2D eigenvalue weighted by molar-refractivity contribution is 5.92. The Morgan fingerprint density at radius 2 is 2.21 bits per heavy atom. The van der Waals surface area contributed by atoms with E-state index in [9.17, 15) is 0 Å². The minimum atomic E-state index is 0.728. The number of hydrogen-bond donors (Lipinski definition) is 2. The zero-order chi connectivity index (χ0) is 12.7. The maximum Gasteiger partial charge on any atom is 0.155 e. The van der Waals surface area contributed by atoms with Crippen molar-refractivity contribution in [3.63, 3.8) is 0 Å². The molecule has 0 saturated heterocycles. The molecule has 2 N–H and O–H groups in total. The summed E-state index contributed by atoms with van der Waals surface area (Å²) < 4.78 is 5.29. The molecule has 0 atom stereocenters. The van der Waals surface area contributed by atoms with E-state index >= 15 is 0 Å². The number of nitrogens with zero attached hydrogens (tertiary/aromatic N) is 3. The van der Waals surface area contributed by atoms with Gasteiger partial charge < -0.3 is 4.74 Å². The fourth-order valence-electron chi connectivity index (χ4n) is 2.31. The third kappa shape index (κ3) is 1.61. The van der Waals surface area contributed by atoms with Crippen LogP contribution in [0.1, 0.15) is 12.1 Å². The van der Waals surface area contributed by atoms with Gasteiger partial charge >= 0.3 is 0 Å². The molecule has 3 heterocycles. The maximum absolute atomic E-state index is 5.29. The van der Waals surface area contributed by atoms with Gasteiger partial charge in [0, 0.05) is 22.9 Å². The molecule has 0 amide bonds. The van der Waals surface area contributed by atoms with Crippen LogP contribution < -0.4 is 0 Å². The molecular weight excluding hydrogens is 242 g/mol. The van der Waals surface area contributed by atoms with E-state index in [2.05, 4.69) is 31.4 Å². The smallest absolute Gasteiger partial charge is 0.155 e. The largest absolute Gasteiger partial charge is 0.500 e. The first-order valence-electron chi connectivity index (χ1n) is 6.07. The third-order valence-corrected chi connectivity index (χ3v) is 3.27. The number of hydrogen-bond acceptors (Lipinski definition) is 4. The van der Waals surface area contributed by atoms with E-state index < -0.39 is 0 Å². The maximum atomic E-state index is 5.29. The second-order valence-electron chi connectivity index (χ2n) is 4.43. The SMILES string of the molecule is C1=C(c2n[nH]c3ccc(-c4ncn[nH]4)cc23)CCO1. The quantitative estimate of drug-likeness (QED) is 0.733. The first-order valence-corrected chi connectivity index (χ1v) is 6.07. The second-order valence-corrected chi connectivity index (χ2v) is 4.43. The minimum absolute atomic E-state index is 0.728. The van der Waals surface area contributed by atoms with Crippen molar-refractivity contribution in [2.24, 2.45) is 0 Å². The van der Waals surface area contributed by atoms with E-state index in [-0.39, 0.29) is 0 Å². The summed E-state index contributed by atoms with van der Waals surface area (Å²) in [5, 5.41) is 15.2. The Hall–Kier alpha value is -2.63. The van der Waals surface area contributed by atoms with Crippen LogP contribution in [0.2, 0.25) is 0 Å². The number of rotatable bonds is 2. The van der Waals surface area contributed by atoms with Crippen molar-refractivity contribution in [1.82, 2.24) is 25.4 Å². The molecule has 0 spiro atoms. The monoisotopic (exact) mass is 253 g/mol. The number of aromatic amines is 2. The molecule has 19 heavy (non-hydrogen) atoms. The molecule has 0 unspecified atom stereocenters. The van der Waals surface area contributed by atoms with Gasteiger partial charge in [-0.05, 0) is 18.2 Å². The van der Waals surface area contributed by atoms with Gasteiger partial charge in [-0.25, -0.2) is 4.98 Å². The molecule has 3 aromatic rings. The molecule has 0 saturated carbocycles. The van der Waals surface area contributed by atoms with E-state index in [4.69, 9.17) is 4.74 Å². The predicted molar refractivity (Wildman–Crippen MR) is 70.0 cm³/mol. The van der Waals surface area contributed by atoms with Crippen molar-refractivity contribution >= 4 is 16.5 Å². The number of ether oxygens (including phenoxy) is 1. The molecule has 0 bridgehead atoms. The molecule has 1 aliphatic rings. The van der Waals surface area contributed by atoms with Crippen LogP contribution in [0.4, 0.5) is 0 Å². The van der Waals surface area contributed by atoms with Crippen molar-refractivity contribution in [3.05, 3.63) is 36.5 Å². The van der Waals surface area contributed by atoms with Gasteiger partial charge in [-0.15, -0.1) is 0 Å². The molecule has 6 nitrogen and oxygen atoms in total. The third-order valence-electron chi connectivity index (χ3n) is 3.27. The highest BCUT2D eigenvalue weighted by atomic mass is 16.5. The predicted octanol–water partition coefficient (Wildman–Crippen LogP) is 2.11. The van der Waals surface area contributed by atoms with E-state index in [1.165, 1.54) is 6.33 Å². The lowest BCUT2D eigenvalue weighted by Crippen LogP contribution is -1.85. The van der Waals surface area contributed by atoms with Crippen molar-refractivity contribution in [1.29, 1.82) is 0 Å². The van der Waals surface area contributed by atoms with Crippen LogP contribution >= 0.6 is 0 Å². The van der Waals surface area contributed by atoms with Gasteiger partial charge in [-0.3, -0.25) is 10.2 Å². The summed E-state index contributed by atoms with van der Waals surface area (Å²) in [6.45, 7) is 0.728. The van der Waals surface area contributed by atoms with Crippen molar-refractivity contribution in [3.8, 4) is 11.4 Å². The van der Waals surface area contributed by atoms with E-state index in [0.717, 1.165) is 46.6 Å². The Labute approximate surface area is 108 Å². The van der Waals surface area contributed by atoms with Crippen LogP contribution in [0, 0.1) is 0 Å². The van der Waals surface area contributed by atoms with Gasteiger partial charge in [0.1, 0.15) is 6.33 Å². The van der Waals surface area contributed by atoms with Crippen molar-refractivity contribution in [2.75, 3.05) is 6.61 Å². The molecule has 0 radical (unpaired) electrons. The summed E-state index contributed by atoms with van der Waals surface area (Å²) in [7, 11) is 0. The number of H-pyrrole nitrogens is 2. The summed E-state index contributed by atoms with van der Waals surface area (Å²) in [6.07, 6.45) is 4.19. The van der Waals surface area contributed by atoms with Gasteiger partial charge in [0.05, 0.1) is 24.1 Å². The first kappa shape index (κ1) is 10.3. The minimum Gasteiger partial charge on any atom is -0.500 e. The van der Waals surface area contributed by atoms with Gasteiger partial charge in [0.25, 0.3) is 0 Å². The fraction of sp³-hybridized carbons (Fsp3) is 0.154. The van der Waals surface area contributed by atoms with Gasteiger partial charge in [-0.1, -0.05) is 0 Å². The van der Waals surface area contributed by atoms with Gasteiger partial charge in [0.2, 0.25) is 0 Å². The van der Waals surface area contributed by atoms with Crippen LogP contribution in [-0.4, -0.2) is 32.0 Å². The van der Waals surface area contributed by atoms with E-state index in [1.54, 1.807) is 6.26 Å². The highest BCUT2D eigenvalue weighted by Gasteiger charge is 2.15. The summed E-state index contributed by atoms with van der Waals surface area (Å²) in [6, 6.07) is 6.05. The Kier molecular flexibility index (Phi) is 2.14. The van der Waals surface area contributed by atoms with Crippen LogP contribution in [0.25, 0.3) is 27.9 Å². The number of aromatic nitrogens is 5. The summed E-state index contributed by atoms with van der Waals surface area (Å²) in [4.78, 5) is 4.17. The molecule has 6 heteroatoms. The molecule has 2 aromatic heterocycles. The highest BCUT2D eigenvalue weighted by Crippen LogP contribution is 2.30. The average Bonchev–Trinajstić information content (AvgIpc) is 3.18. The van der Waals surface area contributed by atoms with Gasteiger partial charge in [0.15, 0.2) is 5.82 Å². The van der Waals surface area contributed by atoms with E-state index in [0.29, 0.717) is 0 Å². The molecule has 4 rings (SSSR count). The standard InChI is InChI=1S/C13H11N5O/c1-2-11-10(5-8(1)13-14-7-15-18-13)12(17-16-11)9-3-4-19-6-9/h1-2,5-7H,3-4H2,(H,16,17)(H,14,15,18). The lowest BCUT2D eigenvalue weighted by molar-refractivity contribution is 0.281. The Morgan fingerprint density at radius 3 is 3.00 bits per heavy atom. The van der Waals surface area contributed by atoms with Crippen LogP contribution in [-0.2, 0) is 4.74 Å². The van der Waals surface area contributed by atoms with E-state index in [1.807, 2.05) is 12.1 Å². The summed E-state index contributed by atoms with van der Waals surface area (Å²) >= 11 is 0. The lowest BCUT2D eigenvalue weighted by Gasteiger charge is -1.99. The molecule has 94 valence electrons. The number of nitrogens with one attached hydrogen (secondary N) is 2. The Morgan fingerprint density at radius 1 is 1.21 bits per heavy atom. The molecule has 0 fully saturated rings. The second kappa shape index (κ2) is 3.94. The molecule has 1 aliphatic heterocycles. The molecule has 0 aliphatic carbocycles. The lowest BCUT2D eigenvalue weighted by atomic mass is 10.1. The average molecular weight is 253 g/mol. The summed E-state index contributed by atoms with van der Waals surface area (Å²) in [5.41, 5.74) is 4.08. The zero-order valence-corrected chi connectivity index (χ0v) is 10.1. The summed E-state index contributed by atoms with van der Waals surface area (Å²) in [5.74, 6) is 0.755. The van der Waals surface area contributed by atoms with Crippen LogP contribution in [0.5, 0.6) is 0 Å². The fourth-order valence-corrected chi connectivity index (χ4v) is 2.31. The molecular formula is C13H11N5O. The van der Waals surface area contributed by atoms with Crippen LogP contribution in [0.15, 0.2) is 30.8 Å². The Balaban J connectivity index is 1.89. The first-order chi connectivity index (χ1) is 9.42. The van der Waals surface area contributed by atoms with Crippen molar-refractivity contribution in [2.45, 2.75) is 6.42 Å². The van der Waals surface area contributed by atoms with Gasteiger partial charge in [-0.2, -0.15) is 10.2 Å². The Bertz CT molecular complexity index is 757. The topological polar surface area (TPSA) is 79.5 Å². The van der Waals surface area contributed by atoms with Crippen molar-refractivity contribution < 1.29 is 4.74 Å². The normalized spacial score (nSPS) is 14.6. The zero-order valence-electron chi connectivity index (χ0n) is 10.1. The number of fused-ring (bicyclic) bond motifs is 1. The molecule has 1 aromatic carbocycles. The van der Waals surface area contributed by atoms with Crippen LogP contribution in [0.3, 0.4) is 0 Å². The number of benzene rings is 1.